The zero-order valence-electron chi connectivity index (χ0n) is 11.4. The maximum absolute atomic E-state index is 9.58. The number of nitriles is 1. The Morgan fingerprint density at radius 3 is 1.94 bits per heavy atom. The topological polar surface area (TPSA) is 35.8 Å². The summed E-state index contributed by atoms with van der Waals surface area (Å²) in [6, 6.07) is 2.60. The Labute approximate surface area is 110 Å². The minimum absolute atomic E-state index is 0.244. The number of hydrogen-bond acceptors (Lipinski definition) is 2. The van der Waals surface area contributed by atoms with E-state index < -0.39 is 0 Å². The molecule has 0 aliphatic heterocycles. The van der Waals surface area contributed by atoms with Crippen molar-refractivity contribution in [1.29, 1.82) is 5.26 Å². The molecule has 2 nitrogen and oxygen atoms in total. The zero-order valence-corrected chi connectivity index (χ0v) is 11.4. The molecule has 1 unspecified atom stereocenters. The second kappa shape index (κ2) is 3.51. The van der Waals surface area contributed by atoms with Gasteiger partial charge in [-0.15, -0.1) is 0 Å². The van der Waals surface area contributed by atoms with E-state index in [1.54, 1.807) is 0 Å². The molecule has 18 heavy (non-hydrogen) atoms. The molecule has 98 valence electrons. The normalized spacial score (nSPS) is 48.8. The summed E-state index contributed by atoms with van der Waals surface area (Å²) in [5.41, 5.74) is 0.0908. The molecule has 0 spiro atoms. The molecule has 5 aliphatic rings. The van der Waals surface area contributed by atoms with Crippen LogP contribution in [-0.4, -0.2) is 11.1 Å². The largest absolute Gasteiger partial charge is 0.294 e. The average molecular weight is 244 g/mol. The quantitative estimate of drug-likeness (QED) is 0.827. The minimum Gasteiger partial charge on any atom is -0.294 e. The van der Waals surface area contributed by atoms with Crippen LogP contribution in [0, 0.1) is 35.0 Å². The highest BCUT2D eigenvalue weighted by atomic mass is 15.1. The molecule has 0 aromatic rings. The van der Waals surface area contributed by atoms with Crippen LogP contribution in [0.5, 0.6) is 0 Å². The molecule has 5 aliphatic carbocycles. The average Bonchev–Trinajstić information content (AvgIpc) is 3.10. The lowest BCUT2D eigenvalue weighted by atomic mass is 9.52. The molecule has 5 fully saturated rings. The van der Waals surface area contributed by atoms with Gasteiger partial charge in [0, 0.05) is 5.54 Å². The van der Waals surface area contributed by atoms with Crippen molar-refractivity contribution in [2.75, 3.05) is 0 Å². The van der Waals surface area contributed by atoms with Gasteiger partial charge in [-0.25, -0.2) is 0 Å². The van der Waals surface area contributed by atoms with Crippen molar-refractivity contribution in [1.82, 2.24) is 5.32 Å². The third kappa shape index (κ3) is 1.63. The van der Waals surface area contributed by atoms with E-state index in [4.69, 9.17) is 0 Å². The Morgan fingerprint density at radius 1 is 1.06 bits per heavy atom. The van der Waals surface area contributed by atoms with Gasteiger partial charge in [0.25, 0.3) is 0 Å². The van der Waals surface area contributed by atoms with Crippen LogP contribution in [0.3, 0.4) is 0 Å². The van der Waals surface area contributed by atoms with E-state index in [1.165, 1.54) is 51.4 Å². The second-order valence-corrected chi connectivity index (χ2v) is 7.91. The van der Waals surface area contributed by atoms with Gasteiger partial charge >= 0.3 is 0 Å². The van der Waals surface area contributed by atoms with E-state index >= 15 is 0 Å². The van der Waals surface area contributed by atoms with Crippen LogP contribution in [0.1, 0.15) is 58.3 Å². The van der Waals surface area contributed by atoms with Gasteiger partial charge in [-0.3, -0.25) is 5.32 Å². The predicted molar refractivity (Wildman–Crippen MR) is 70.8 cm³/mol. The van der Waals surface area contributed by atoms with Crippen LogP contribution in [0.4, 0.5) is 0 Å². The molecule has 5 saturated carbocycles. The van der Waals surface area contributed by atoms with Crippen molar-refractivity contribution in [2.45, 2.75) is 69.4 Å². The first-order valence-electron chi connectivity index (χ1n) is 7.81. The summed E-state index contributed by atoms with van der Waals surface area (Å²) in [6.45, 7) is 2.16. The molecule has 2 heteroatoms. The van der Waals surface area contributed by atoms with E-state index in [0.29, 0.717) is 11.5 Å². The van der Waals surface area contributed by atoms with Gasteiger partial charge in [-0.1, -0.05) is 0 Å². The standard InChI is InChI=1S/C16H24N2/c1-15(10-17,14-2-3-14)18-16-7-11-4-12(8-16)6-13(5-11)9-16/h11-14,18H,2-9H2,1H3. The fraction of sp³-hybridized carbons (Fsp3) is 0.938. The van der Waals surface area contributed by atoms with Gasteiger partial charge in [-0.05, 0) is 82.0 Å². The molecule has 0 aromatic carbocycles. The number of nitrogens with one attached hydrogen (secondary N) is 1. The first-order chi connectivity index (χ1) is 8.61. The molecule has 1 N–H and O–H groups in total. The maximum Gasteiger partial charge on any atom is 0.107 e. The number of rotatable bonds is 3. The highest BCUT2D eigenvalue weighted by Crippen LogP contribution is 2.56. The Hall–Kier alpha value is -0.550. The summed E-state index contributed by atoms with van der Waals surface area (Å²) in [4.78, 5) is 0. The maximum atomic E-state index is 9.58. The van der Waals surface area contributed by atoms with Crippen LogP contribution in [0.25, 0.3) is 0 Å². The first kappa shape index (κ1) is 11.3. The Bertz CT molecular complexity index is 369. The Morgan fingerprint density at radius 2 is 1.56 bits per heavy atom. The summed E-state index contributed by atoms with van der Waals surface area (Å²) < 4.78 is 0. The molecule has 0 radical (unpaired) electrons. The molecule has 0 saturated heterocycles. The third-order valence-corrected chi connectivity index (χ3v) is 6.19. The fourth-order valence-corrected chi connectivity index (χ4v) is 5.70. The van der Waals surface area contributed by atoms with Gasteiger partial charge in [0.2, 0.25) is 0 Å². The lowest BCUT2D eigenvalue weighted by molar-refractivity contribution is -0.0311. The summed E-state index contributed by atoms with van der Waals surface area (Å²) in [7, 11) is 0. The SMILES string of the molecule is CC(C#N)(NC12CC3CC(CC(C3)C1)C2)C1CC1. The molecule has 5 rings (SSSR count). The van der Waals surface area contributed by atoms with Crippen molar-refractivity contribution in [2.24, 2.45) is 23.7 Å². The van der Waals surface area contributed by atoms with Crippen LogP contribution >= 0.6 is 0 Å². The van der Waals surface area contributed by atoms with Gasteiger partial charge < -0.3 is 0 Å². The first-order valence-corrected chi connectivity index (χ1v) is 7.81. The molecule has 1 atom stereocenters. The zero-order chi connectivity index (χ0) is 12.4. The highest BCUT2D eigenvalue weighted by Gasteiger charge is 2.55. The summed E-state index contributed by atoms with van der Waals surface area (Å²) in [5.74, 6) is 3.51. The number of nitrogens with zero attached hydrogens (tertiary/aromatic N) is 1. The second-order valence-electron chi connectivity index (χ2n) is 7.91. The summed E-state index contributed by atoms with van der Waals surface area (Å²) in [5, 5.41) is 13.5. The van der Waals surface area contributed by atoms with Gasteiger partial charge in [0.05, 0.1) is 6.07 Å². The van der Waals surface area contributed by atoms with Gasteiger partial charge in [0.1, 0.15) is 5.54 Å². The molecule has 0 amide bonds. The van der Waals surface area contributed by atoms with Crippen molar-refractivity contribution in [3.8, 4) is 6.07 Å². The van der Waals surface area contributed by atoms with Crippen LogP contribution in [0.2, 0.25) is 0 Å². The lowest BCUT2D eigenvalue weighted by Crippen LogP contribution is -2.64. The van der Waals surface area contributed by atoms with Crippen LogP contribution in [-0.2, 0) is 0 Å². The van der Waals surface area contributed by atoms with E-state index in [2.05, 4.69) is 18.3 Å². The van der Waals surface area contributed by atoms with E-state index in [9.17, 15) is 5.26 Å². The van der Waals surface area contributed by atoms with E-state index in [-0.39, 0.29) is 5.54 Å². The number of hydrogen-bond donors (Lipinski definition) is 1. The van der Waals surface area contributed by atoms with Gasteiger partial charge in [-0.2, -0.15) is 5.26 Å². The van der Waals surface area contributed by atoms with Crippen molar-refractivity contribution in [3.05, 3.63) is 0 Å². The monoisotopic (exact) mass is 244 g/mol. The lowest BCUT2D eigenvalue weighted by Gasteiger charge is -2.58. The fourth-order valence-electron chi connectivity index (χ4n) is 5.70. The predicted octanol–water partition coefficient (Wildman–Crippen LogP) is 3.24. The Kier molecular flexibility index (Phi) is 2.20. The molecule has 0 heterocycles. The Balaban J connectivity index is 1.59. The third-order valence-electron chi connectivity index (χ3n) is 6.19. The van der Waals surface area contributed by atoms with Crippen molar-refractivity contribution < 1.29 is 0 Å². The summed E-state index contributed by atoms with van der Waals surface area (Å²) in [6.07, 6.45) is 11.0. The van der Waals surface area contributed by atoms with Crippen molar-refractivity contribution in [3.63, 3.8) is 0 Å². The van der Waals surface area contributed by atoms with E-state index in [0.717, 1.165) is 17.8 Å². The molecular formula is C16H24N2. The molecule has 4 bridgehead atoms. The molecular weight excluding hydrogens is 220 g/mol. The van der Waals surface area contributed by atoms with Gasteiger partial charge in [0.15, 0.2) is 0 Å². The highest BCUT2D eigenvalue weighted by molar-refractivity contribution is 5.18. The van der Waals surface area contributed by atoms with Crippen LogP contribution < -0.4 is 5.32 Å². The molecule has 0 aromatic heterocycles. The minimum atomic E-state index is -0.244. The summed E-state index contributed by atoms with van der Waals surface area (Å²) >= 11 is 0. The van der Waals surface area contributed by atoms with Crippen molar-refractivity contribution >= 4 is 0 Å². The van der Waals surface area contributed by atoms with E-state index in [1.807, 2.05) is 0 Å². The smallest absolute Gasteiger partial charge is 0.107 e. The van der Waals surface area contributed by atoms with Crippen LogP contribution in [0.15, 0.2) is 0 Å².